The van der Waals surface area contributed by atoms with E-state index in [-0.39, 0.29) is 23.0 Å². The van der Waals surface area contributed by atoms with E-state index in [1.165, 1.54) is 0 Å². The van der Waals surface area contributed by atoms with Crippen molar-refractivity contribution >= 4 is 45.3 Å². The van der Waals surface area contributed by atoms with Crippen LogP contribution >= 0.6 is 11.6 Å². The molecule has 0 aliphatic carbocycles. The van der Waals surface area contributed by atoms with Gasteiger partial charge in [-0.25, -0.2) is 4.98 Å². The molecule has 3 heterocycles. The molecule has 1 aliphatic rings. The quantitative estimate of drug-likeness (QED) is 0.446. The summed E-state index contributed by atoms with van der Waals surface area (Å²) in [5, 5.41) is 7.42. The van der Waals surface area contributed by atoms with Gasteiger partial charge in [0.15, 0.2) is 0 Å². The third kappa shape index (κ3) is 3.71. The largest absolute Gasteiger partial charge is 0.449 e. The molecular formula is C23H21ClN4O3. The van der Waals surface area contributed by atoms with Crippen molar-refractivity contribution < 1.29 is 9.21 Å². The highest BCUT2D eigenvalue weighted by Gasteiger charge is 2.21. The minimum absolute atomic E-state index is 0.0111. The zero-order valence-corrected chi connectivity index (χ0v) is 17.7. The summed E-state index contributed by atoms with van der Waals surface area (Å²) in [5.74, 6) is 0.294. The third-order valence-corrected chi connectivity index (χ3v) is 6.01. The van der Waals surface area contributed by atoms with Gasteiger partial charge in [0.05, 0.1) is 5.02 Å². The molecule has 1 fully saturated rings. The van der Waals surface area contributed by atoms with Gasteiger partial charge in [-0.3, -0.25) is 9.59 Å². The Bertz CT molecular complexity index is 1370. The molecule has 0 unspecified atom stereocenters. The summed E-state index contributed by atoms with van der Waals surface area (Å²) >= 11 is 6.43. The molecular weight excluding hydrogens is 416 g/mol. The number of piperidine rings is 1. The van der Waals surface area contributed by atoms with Crippen molar-refractivity contribution in [3.05, 3.63) is 57.3 Å². The lowest BCUT2D eigenvalue weighted by Crippen LogP contribution is -2.34. The van der Waals surface area contributed by atoms with Crippen molar-refractivity contribution in [1.29, 1.82) is 0 Å². The summed E-state index contributed by atoms with van der Waals surface area (Å²) in [5.41, 5.74) is 3.07. The Hall–Kier alpha value is -3.16. The van der Waals surface area contributed by atoms with Gasteiger partial charge < -0.3 is 20.0 Å². The highest BCUT2D eigenvalue weighted by atomic mass is 35.5. The van der Waals surface area contributed by atoms with Crippen LogP contribution in [0, 0.1) is 12.8 Å². The number of anilines is 1. The molecule has 2 aromatic carbocycles. The summed E-state index contributed by atoms with van der Waals surface area (Å²) in [4.78, 5) is 32.7. The molecule has 3 N–H and O–H groups in total. The summed E-state index contributed by atoms with van der Waals surface area (Å²) < 4.78 is 5.70. The normalized spacial score (nSPS) is 14.9. The third-order valence-electron chi connectivity index (χ3n) is 5.68. The fourth-order valence-corrected chi connectivity index (χ4v) is 4.21. The predicted octanol–water partition coefficient (Wildman–Crippen LogP) is 4.24. The number of fused-ring (bicyclic) bond motifs is 3. The number of benzene rings is 2. The maximum absolute atomic E-state index is 12.7. The number of amides is 1. The smallest absolute Gasteiger partial charge is 0.294 e. The summed E-state index contributed by atoms with van der Waals surface area (Å²) in [6, 6.07) is 10.9. The van der Waals surface area contributed by atoms with E-state index < -0.39 is 0 Å². The second-order valence-electron chi connectivity index (χ2n) is 7.90. The van der Waals surface area contributed by atoms with Crippen LogP contribution in [-0.4, -0.2) is 29.0 Å². The lowest BCUT2D eigenvalue weighted by molar-refractivity contribution is -0.120. The molecule has 7 nitrogen and oxygen atoms in total. The zero-order valence-electron chi connectivity index (χ0n) is 16.9. The fraction of sp³-hybridized carbons (Fsp3) is 0.261. The highest BCUT2D eigenvalue weighted by Crippen LogP contribution is 2.31. The van der Waals surface area contributed by atoms with E-state index in [1.54, 1.807) is 18.2 Å². The highest BCUT2D eigenvalue weighted by molar-refractivity contribution is 6.33. The topological polar surface area (TPSA) is 100 Å². The number of furan rings is 1. The number of aryl methyl sites for hydroxylation is 1. The lowest BCUT2D eigenvalue weighted by Gasteiger charge is -2.22. The molecule has 0 radical (unpaired) electrons. The zero-order chi connectivity index (χ0) is 21.5. The van der Waals surface area contributed by atoms with Crippen LogP contribution in [-0.2, 0) is 4.79 Å². The molecule has 5 rings (SSSR count). The fourth-order valence-electron chi connectivity index (χ4n) is 4.01. The molecule has 0 bridgehead atoms. The second-order valence-corrected chi connectivity index (χ2v) is 8.31. The minimum atomic E-state index is -0.380. The molecule has 8 heteroatoms. The molecule has 1 amide bonds. The molecule has 1 saturated heterocycles. The van der Waals surface area contributed by atoms with Crippen LogP contribution in [0.4, 0.5) is 5.69 Å². The molecule has 0 saturated carbocycles. The number of aromatic amines is 1. The maximum Gasteiger partial charge on any atom is 0.294 e. The molecule has 2 aromatic heterocycles. The average Bonchev–Trinajstić information content (AvgIpc) is 3.14. The van der Waals surface area contributed by atoms with Crippen molar-refractivity contribution in [2.45, 2.75) is 19.8 Å². The number of carbonyl (C=O) groups excluding carboxylic acids is 1. The van der Waals surface area contributed by atoms with Crippen LogP contribution in [0.1, 0.15) is 18.4 Å². The van der Waals surface area contributed by atoms with Crippen molar-refractivity contribution in [3.63, 3.8) is 0 Å². The van der Waals surface area contributed by atoms with Gasteiger partial charge in [0.1, 0.15) is 16.9 Å². The van der Waals surface area contributed by atoms with Crippen LogP contribution in [0.3, 0.4) is 0 Å². The first kappa shape index (κ1) is 19.8. The van der Waals surface area contributed by atoms with Gasteiger partial charge in [-0.1, -0.05) is 23.2 Å². The van der Waals surface area contributed by atoms with Gasteiger partial charge in [0, 0.05) is 22.6 Å². The van der Waals surface area contributed by atoms with Crippen LogP contribution in [0.5, 0.6) is 0 Å². The molecule has 158 valence electrons. The number of hydrogen-bond donors (Lipinski definition) is 3. The van der Waals surface area contributed by atoms with Gasteiger partial charge in [-0.05, 0) is 63.2 Å². The number of halogens is 1. The molecule has 0 spiro atoms. The minimum Gasteiger partial charge on any atom is -0.449 e. The average molecular weight is 437 g/mol. The number of nitrogens with one attached hydrogen (secondary N) is 3. The van der Waals surface area contributed by atoms with Crippen LogP contribution in [0.15, 0.2) is 45.6 Å². The Morgan fingerprint density at radius 3 is 2.81 bits per heavy atom. The number of nitrogens with zero attached hydrogens (tertiary/aromatic N) is 1. The van der Waals surface area contributed by atoms with E-state index in [0.29, 0.717) is 33.2 Å². The summed E-state index contributed by atoms with van der Waals surface area (Å²) in [6.45, 7) is 3.65. The van der Waals surface area contributed by atoms with Crippen LogP contribution < -0.4 is 16.2 Å². The van der Waals surface area contributed by atoms with Crippen molar-refractivity contribution in [2.24, 2.45) is 5.92 Å². The number of aromatic nitrogens is 2. The first-order chi connectivity index (χ1) is 15.0. The Kier molecular flexibility index (Phi) is 5.00. The summed E-state index contributed by atoms with van der Waals surface area (Å²) in [6.07, 6.45) is 1.62. The van der Waals surface area contributed by atoms with E-state index in [4.69, 9.17) is 16.0 Å². The van der Waals surface area contributed by atoms with E-state index >= 15 is 0 Å². The van der Waals surface area contributed by atoms with Crippen molar-refractivity contribution in [2.75, 3.05) is 18.4 Å². The van der Waals surface area contributed by atoms with Gasteiger partial charge in [0.2, 0.25) is 11.5 Å². The van der Waals surface area contributed by atoms with E-state index in [2.05, 4.69) is 20.6 Å². The Balaban J connectivity index is 1.55. The van der Waals surface area contributed by atoms with Gasteiger partial charge in [0.25, 0.3) is 5.56 Å². The van der Waals surface area contributed by atoms with Crippen molar-refractivity contribution in [3.8, 4) is 11.4 Å². The standard InChI is InChI=1S/C23H21ClN4O3/c1-12-2-5-18-16(10-12)19-20(31-18)23(30)28-21(27-19)15-11-14(3-4-17(15)24)26-22(29)13-6-8-25-9-7-13/h2-5,10-11,13,25H,6-9H2,1H3,(H,26,29)(H,27,28,30). The molecule has 1 aliphatic heterocycles. The Labute approximate surface area is 182 Å². The van der Waals surface area contributed by atoms with Gasteiger partial charge in [-0.2, -0.15) is 0 Å². The number of carbonyl (C=O) groups is 1. The van der Waals surface area contributed by atoms with Crippen molar-refractivity contribution in [1.82, 2.24) is 15.3 Å². The Morgan fingerprint density at radius 2 is 2.00 bits per heavy atom. The van der Waals surface area contributed by atoms with Gasteiger partial charge >= 0.3 is 0 Å². The van der Waals surface area contributed by atoms with Crippen LogP contribution in [0.25, 0.3) is 33.5 Å². The van der Waals surface area contributed by atoms with E-state index in [9.17, 15) is 9.59 Å². The Morgan fingerprint density at radius 1 is 1.19 bits per heavy atom. The van der Waals surface area contributed by atoms with Crippen LogP contribution in [0.2, 0.25) is 5.02 Å². The van der Waals surface area contributed by atoms with Gasteiger partial charge in [-0.15, -0.1) is 0 Å². The first-order valence-electron chi connectivity index (χ1n) is 10.2. The van der Waals surface area contributed by atoms with E-state index in [0.717, 1.165) is 36.9 Å². The SMILES string of the molecule is Cc1ccc2oc3c(=O)[nH]c(-c4cc(NC(=O)C5CCNCC5)ccc4Cl)nc3c2c1. The van der Waals surface area contributed by atoms with E-state index in [1.807, 2.05) is 25.1 Å². The number of H-pyrrole nitrogens is 1. The molecule has 31 heavy (non-hydrogen) atoms. The molecule has 4 aromatic rings. The predicted molar refractivity (Wildman–Crippen MR) is 122 cm³/mol. The molecule has 0 atom stereocenters. The monoisotopic (exact) mass is 436 g/mol. The number of hydrogen-bond acceptors (Lipinski definition) is 5. The second kappa shape index (κ2) is 7.83. The first-order valence-corrected chi connectivity index (χ1v) is 10.6. The summed E-state index contributed by atoms with van der Waals surface area (Å²) in [7, 11) is 0. The lowest BCUT2D eigenvalue weighted by atomic mass is 9.97. The maximum atomic E-state index is 12.7. The number of rotatable bonds is 3.